The summed E-state index contributed by atoms with van der Waals surface area (Å²) in [5, 5.41) is 0. The topological polar surface area (TPSA) is 44.8 Å². The van der Waals surface area contributed by atoms with Crippen molar-refractivity contribution in [2.75, 3.05) is 32.1 Å². The van der Waals surface area contributed by atoms with E-state index in [2.05, 4.69) is 6.92 Å². The summed E-state index contributed by atoms with van der Waals surface area (Å²) < 4.78 is 29.6. The monoisotopic (exact) mass is 377 g/mol. The van der Waals surface area contributed by atoms with Crippen molar-refractivity contribution in [2.45, 2.75) is 50.4 Å². The first-order chi connectivity index (χ1) is 9.23. The minimum absolute atomic E-state index is 0. The van der Waals surface area contributed by atoms with E-state index in [0.29, 0.717) is 25.2 Å². The Bertz CT molecular complexity index is 338. The summed E-state index contributed by atoms with van der Waals surface area (Å²) in [5.41, 5.74) is -0.130. The number of hydrogen-bond donors (Lipinski definition) is 0. The van der Waals surface area contributed by atoms with E-state index >= 15 is 0 Å². The van der Waals surface area contributed by atoms with Crippen LogP contribution < -0.4 is 0 Å². The van der Waals surface area contributed by atoms with E-state index in [0.717, 1.165) is 44.6 Å². The number of hydrogen-bond acceptors (Lipinski definition) is 4. The first kappa shape index (κ1) is 17.6. The number of fused-ring (bicyclic) bond motifs is 2. The van der Waals surface area contributed by atoms with Crippen LogP contribution in [0.5, 0.6) is 0 Å². The van der Waals surface area contributed by atoms with Crippen LogP contribution in [0.1, 0.15) is 32.6 Å². The van der Waals surface area contributed by atoms with Crippen molar-refractivity contribution in [2.24, 2.45) is 5.92 Å². The largest absolute Gasteiger partial charge is 0.378 e. The molecular weight excluding hydrogens is 352 g/mol. The van der Waals surface area contributed by atoms with Gasteiger partial charge in [-0.05, 0) is 25.7 Å². The normalized spacial score (nSPS) is 40.8. The molecule has 3 aliphatic rings. The van der Waals surface area contributed by atoms with Crippen molar-refractivity contribution in [3.8, 4) is 0 Å². The summed E-state index contributed by atoms with van der Waals surface area (Å²) in [6.07, 6.45) is 6.43. The Balaban J connectivity index is 0.00000147. The first-order valence-electron chi connectivity index (χ1n) is 7.62. The van der Waals surface area contributed by atoms with Crippen LogP contribution in [0, 0.1) is 5.92 Å². The van der Waals surface area contributed by atoms with Gasteiger partial charge in [-0.15, -0.1) is 0 Å². The minimum atomic E-state index is -1.52. The van der Waals surface area contributed by atoms with Crippen LogP contribution in [0.2, 0.25) is 0 Å². The molecule has 2 bridgehead atoms. The molecule has 2 unspecified atom stereocenters. The zero-order valence-corrected chi connectivity index (χ0v) is 16.1. The van der Waals surface area contributed by atoms with E-state index < -0.39 is 7.80 Å². The second-order valence-corrected chi connectivity index (χ2v) is 8.09. The maximum atomic E-state index is 12.4. The molecule has 1 radical (unpaired) electrons. The molecule has 0 aromatic rings. The Morgan fingerprint density at radius 3 is 2.80 bits per heavy atom. The number of rotatable bonds is 6. The third kappa shape index (κ3) is 3.58. The van der Waals surface area contributed by atoms with Crippen molar-refractivity contribution in [1.82, 2.24) is 0 Å². The molecule has 3 fully saturated rings. The summed E-state index contributed by atoms with van der Waals surface area (Å²) in [7, 11) is -1.52. The first-order valence-corrected chi connectivity index (χ1v) is 9.44. The molecule has 3 saturated heterocycles. The molecule has 6 heteroatoms. The van der Waals surface area contributed by atoms with Gasteiger partial charge >= 0.3 is 0 Å². The number of ether oxygens (including phenoxy) is 3. The van der Waals surface area contributed by atoms with Gasteiger partial charge in [-0.1, -0.05) is 6.92 Å². The van der Waals surface area contributed by atoms with Gasteiger partial charge in [-0.3, -0.25) is 0 Å². The zero-order valence-electron chi connectivity index (χ0n) is 12.3. The maximum absolute atomic E-state index is 12.4. The van der Waals surface area contributed by atoms with E-state index in [4.69, 9.17) is 14.2 Å². The van der Waals surface area contributed by atoms with Crippen molar-refractivity contribution in [3.05, 3.63) is 0 Å². The van der Waals surface area contributed by atoms with Crippen LogP contribution in [-0.4, -0.2) is 50.0 Å². The standard InChI is InChI=1S/C14H25O4P.Y/c1-2-14-10-17-13(8-18-14)12(14)9-19(15)7-5-11-4-3-6-16-11;/h11-13,19H,2-10H2,1H3;/t11-,12?,13+,14-;/m0./s1. The average molecular weight is 377 g/mol. The summed E-state index contributed by atoms with van der Waals surface area (Å²) >= 11 is 0. The van der Waals surface area contributed by atoms with Crippen LogP contribution in [0.4, 0.5) is 0 Å². The molecule has 0 saturated carbocycles. The third-order valence-corrected chi connectivity index (χ3v) is 6.76. The van der Waals surface area contributed by atoms with Crippen molar-refractivity contribution >= 4 is 7.80 Å². The average Bonchev–Trinajstić information content (AvgIpc) is 3.13. The Labute approximate surface area is 147 Å². The van der Waals surface area contributed by atoms with Crippen LogP contribution >= 0.6 is 7.80 Å². The Morgan fingerprint density at radius 1 is 1.35 bits per heavy atom. The molecule has 20 heavy (non-hydrogen) atoms. The Morgan fingerprint density at radius 2 is 2.20 bits per heavy atom. The minimum Gasteiger partial charge on any atom is -0.378 e. The fourth-order valence-corrected chi connectivity index (χ4v) is 5.67. The van der Waals surface area contributed by atoms with Gasteiger partial charge in [0, 0.05) is 57.6 Å². The van der Waals surface area contributed by atoms with Crippen LogP contribution in [0.15, 0.2) is 0 Å². The van der Waals surface area contributed by atoms with E-state index in [1.54, 1.807) is 0 Å². The molecule has 3 aliphatic heterocycles. The molecule has 0 amide bonds. The van der Waals surface area contributed by atoms with Gasteiger partial charge in [0.2, 0.25) is 0 Å². The summed E-state index contributed by atoms with van der Waals surface area (Å²) in [5.74, 6) is 0.355. The van der Waals surface area contributed by atoms with Crippen molar-refractivity contribution < 1.29 is 51.5 Å². The van der Waals surface area contributed by atoms with E-state index in [1.165, 1.54) is 0 Å². The molecule has 0 aromatic heterocycles. The van der Waals surface area contributed by atoms with Gasteiger partial charge in [0.1, 0.15) is 0 Å². The summed E-state index contributed by atoms with van der Waals surface area (Å²) in [6.45, 7) is 4.42. The maximum Gasteiger partial charge on any atom is 0.0971 e. The van der Waals surface area contributed by atoms with Gasteiger partial charge in [0.15, 0.2) is 0 Å². The van der Waals surface area contributed by atoms with Gasteiger partial charge in [-0.25, -0.2) is 0 Å². The van der Waals surface area contributed by atoms with Crippen LogP contribution in [0.25, 0.3) is 0 Å². The van der Waals surface area contributed by atoms with Crippen LogP contribution in [-0.2, 0) is 51.5 Å². The summed E-state index contributed by atoms with van der Waals surface area (Å²) in [6, 6.07) is 0. The molecule has 113 valence electrons. The molecule has 3 heterocycles. The zero-order chi connectivity index (χ0) is 13.3. The van der Waals surface area contributed by atoms with E-state index in [9.17, 15) is 4.57 Å². The third-order valence-electron chi connectivity index (χ3n) is 5.02. The predicted molar refractivity (Wildman–Crippen MR) is 74.5 cm³/mol. The molecular formula is C14H25O4PY. The molecule has 0 aliphatic carbocycles. The quantitative estimate of drug-likeness (QED) is 0.667. The SMILES string of the molecule is CC[C@@]12CO[C@H](CO1)C2C[PH](=O)CC[C@@H]1CCCO1.[Y]. The Hall–Kier alpha value is 1.21. The molecule has 0 spiro atoms. The van der Waals surface area contributed by atoms with Gasteiger partial charge in [0.25, 0.3) is 0 Å². The second kappa shape index (κ2) is 7.66. The molecule has 0 aromatic carbocycles. The summed E-state index contributed by atoms with van der Waals surface area (Å²) in [4.78, 5) is 0. The van der Waals surface area contributed by atoms with Crippen molar-refractivity contribution in [1.29, 1.82) is 0 Å². The van der Waals surface area contributed by atoms with Crippen molar-refractivity contribution in [3.63, 3.8) is 0 Å². The second-order valence-electron chi connectivity index (χ2n) is 6.10. The van der Waals surface area contributed by atoms with Gasteiger partial charge in [-0.2, -0.15) is 0 Å². The molecule has 0 N–H and O–H groups in total. The smallest absolute Gasteiger partial charge is 0.0971 e. The molecule has 3 rings (SSSR count). The van der Waals surface area contributed by atoms with E-state index in [1.807, 2.05) is 0 Å². The fourth-order valence-electron chi connectivity index (χ4n) is 3.70. The van der Waals surface area contributed by atoms with E-state index in [-0.39, 0.29) is 44.4 Å². The Kier molecular flexibility index (Phi) is 6.73. The fraction of sp³-hybridized carbons (Fsp3) is 1.00. The predicted octanol–water partition coefficient (Wildman–Crippen LogP) is 2.31. The van der Waals surface area contributed by atoms with Gasteiger partial charge < -0.3 is 18.8 Å². The van der Waals surface area contributed by atoms with Gasteiger partial charge in [0.05, 0.1) is 38.8 Å². The molecule has 4 nitrogen and oxygen atoms in total. The van der Waals surface area contributed by atoms with Crippen LogP contribution in [0.3, 0.4) is 0 Å². The molecule has 5 atom stereocenters.